The van der Waals surface area contributed by atoms with Crippen molar-refractivity contribution in [3.05, 3.63) is 29.8 Å². The monoisotopic (exact) mass is 162 g/mol. The minimum Gasteiger partial charge on any atom is -0.326 e. The van der Waals surface area contributed by atoms with E-state index in [4.69, 9.17) is 0 Å². The largest absolute Gasteiger partial charge is 0.326 e. The standard InChI is InChI=1S/C10H12NO/c1-3-10(12)11-9-7-5-4-6-8(9)2/h4,6-7H,3H2,1-2H3,(H,11,12). The van der Waals surface area contributed by atoms with E-state index >= 15 is 0 Å². The summed E-state index contributed by atoms with van der Waals surface area (Å²) in [7, 11) is 0. The minimum absolute atomic E-state index is 0.0395. The van der Waals surface area contributed by atoms with Gasteiger partial charge in [0.15, 0.2) is 0 Å². The predicted molar refractivity (Wildman–Crippen MR) is 48.9 cm³/mol. The summed E-state index contributed by atoms with van der Waals surface area (Å²) in [5.74, 6) is 0.0395. The van der Waals surface area contributed by atoms with Crippen LogP contribution in [0.5, 0.6) is 0 Å². The second kappa shape index (κ2) is 3.90. The van der Waals surface area contributed by atoms with E-state index in [1.165, 1.54) is 0 Å². The summed E-state index contributed by atoms with van der Waals surface area (Å²) < 4.78 is 0. The first-order valence-corrected chi connectivity index (χ1v) is 4.00. The van der Waals surface area contributed by atoms with Crippen molar-refractivity contribution < 1.29 is 4.79 Å². The third-order valence-corrected chi connectivity index (χ3v) is 1.68. The Labute approximate surface area is 72.6 Å². The number of carbonyl (C=O) groups is 1. The number of nitrogens with one attached hydrogen (secondary N) is 1. The van der Waals surface area contributed by atoms with Crippen LogP contribution in [0.4, 0.5) is 5.69 Å². The summed E-state index contributed by atoms with van der Waals surface area (Å²) in [5.41, 5.74) is 1.92. The molecule has 1 N–H and O–H groups in total. The van der Waals surface area contributed by atoms with Crippen LogP contribution < -0.4 is 5.32 Å². The average Bonchev–Trinajstić information content (AvgIpc) is 2.09. The highest BCUT2D eigenvalue weighted by Gasteiger charge is 1.99. The molecule has 12 heavy (non-hydrogen) atoms. The molecule has 1 aromatic carbocycles. The molecule has 0 aliphatic rings. The smallest absolute Gasteiger partial charge is 0.224 e. The van der Waals surface area contributed by atoms with Crippen molar-refractivity contribution >= 4 is 11.6 Å². The van der Waals surface area contributed by atoms with Crippen molar-refractivity contribution in [2.24, 2.45) is 0 Å². The fourth-order valence-corrected chi connectivity index (χ4v) is 0.881. The zero-order valence-corrected chi connectivity index (χ0v) is 7.35. The van der Waals surface area contributed by atoms with Crippen LogP contribution in [-0.4, -0.2) is 5.91 Å². The van der Waals surface area contributed by atoms with Gasteiger partial charge in [0, 0.05) is 12.1 Å². The molecule has 0 spiro atoms. The van der Waals surface area contributed by atoms with Crippen LogP contribution in [0.2, 0.25) is 0 Å². The lowest BCUT2D eigenvalue weighted by Crippen LogP contribution is -2.10. The molecular formula is C10H12NO. The summed E-state index contributed by atoms with van der Waals surface area (Å²) in [6, 6.07) is 8.45. The van der Waals surface area contributed by atoms with Crippen LogP contribution in [-0.2, 0) is 4.79 Å². The van der Waals surface area contributed by atoms with Gasteiger partial charge in [0.25, 0.3) is 0 Å². The minimum atomic E-state index is 0.0395. The van der Waals surface area contributed by atoms with Gasteiger partial charge in [-0.1, -0.05) is 19.1 Å². The molecule has 0 fully saturated rings. The molecule has 0 saturated carbocycles. The third kappa shape index (κ3) is 2.09. The maximum absolute atomic E-state index is 11.0. The molecule has 1 amide bonds. The van der Waals surface area contributed by atoms with E-state index in [2.05, 4.69) is 11.4 Å². The highest BCUT2D eigenvalue weighted by atomic mass is 16.1. The molecule has 0 unspecified atom stereocenters. The summed E-state index contributed by atoms with van der Waals surface area (Å²) in [4.78, 5) is 11.0. The Morgan fingerprint density at radius 3 is 3.00 bits per heavy atom. The molecule has 0 aromatic heterocycles. The van der Waals surface area contributed by atoms with Crippen LogP contribution in [0.15, 0.2) is 18.2 Å². The molecule has 1 aromatic rings. The molecule has 2 heteroatoms. The van der Waals surface area contributed by atoms with Gasteiger partial charge < -0.3 is 5.32 Å². The lowest BCUT2D eigenvalue weighted by molar-refractivity contribution is -0.115. The molecule has 0 saturated heterocycles. The SMILES string of the molecule is CCC(=O)Nc1c[c]ccc1C. The van der Waals surface area contributed by atoms with E-state index in [1.54, 1.807) is 6.07 Å². The van der Waals surface area contributed by atoms with E-state index in [-0.39, 0.29) is 5.91 Å². The number of anilines is 1. The van der Waals surface area contributed by atoms with E-state index in [0.717, 1.165) is 11.3 Å². The summed E-state index contributed by atoms with van der Waals surface area (Å²) in [5, 5.41) is 2.79. The Balaban J connectivity index is 2.75. The lowest BCUT2D eigenvalue weighted by atomic mass is 10.2. The van der Waals surface area contributed by atoms with Gasteiger partial charge in [-0.25, -0.2) is 0 Å². The van der Waals surface area contributed by atoms with Crippen molar-refractivity contribution in [1.29, 1.82) is 0 Å². The van der Waals surface area contributed by atoms with E-state index in [1.807, 2.05) is 26.0 Å². The molecule has 0 heterocycles. The van der Waals surface area contributed by atoms with Gasteiger partial charge in [0.1, 0.15) is 0 Å². The van der Waals surface area contributed by atoms with Crippen LogP contribution in [0, 0.1) is 13.0 Å². The van der Waals surface area contributed by atoms with Gasteiger partial charge in [-0.05, 0) is 24.6 Å². The molecule has 0 bridgehead atoms. The summed E-state index contributed by atoms with van der Waals surface area (Å²) in [6.07, 6.45) is 0.508. The fraction of sp³-hybridized carbons (Fsp3) is 0.300. The lowest BCUT2D eigenvalue weighted by Gasteiger charge is -2.05. The number of hydrogen-bond donors (Lipinski definition) is 1. The van der Waals surface area contributed by atoms with E-state index in [0.29, 0.717) is 6.42 Å². The first kappa shape index (κ1) is 8.78. The zero-order valence-electron chi connectivity index (χ0n) is 7.35. The van der Waals surface area contributed by atoms with Crippen molar-refractivity contribution in [1.82, 2.24) is 0 Å². The Morgan fingerprint density at radius 2 is 2.42 bits per heavy atom. The molecule has 2 nitrogen and oxygen atoms in total. The Hall–Kier alpha value is -1.31. The van der Waals surface area contributed by atoms with Gasteiger partial charge in [-0.2, -0.15) is 0 Å². The first-order chi connectivity index (χ1) is 5.74. The maximum atomic E-state index is 11.0. The molecule has 0 aliphatic heterocycles. The van der Waals surface area contributed by atoms with Crippen molar-refractivity contribution in [2.45, 2.75) is 20.3 Å². The topological polar surface area (TPSA) is 29.1 Å². The van der Waals surface area contributed by atoms with Crippen molar-refractivity contribution in [3.63, 3.8) is 0 Å². The van der Waals surface area contributed by atoms with Gasteiger partial charge in [0.05, 0.1) is 0 Å². The maximum Gasteiger partial charge on any atom is 0.224 e. The Bertz CT molecular complexity index is 281. The molecule has 0 aliphatic carbocycles. The van der Waals surface area contributed by atoms with E-state index in [9.17, 15) is 4.79 Å². The highest BCUT2D eigenvalue weighted by molar-refractivity contribution is 5.91. The molecule has 1 radical (unpaired) electrons. The third-order valence-electron chi connectivity index (χ3n) is 1.68. The van der Waals surface area contributed by atoms with Gasteiger partial charge >= 0.3 is 0 Å². The number of carbonyl (C=O) groups excluding carboxylic acids is 1. The number of benzene rings is 1. The number of aryl methyl sites for hydroxylation is 1. The normalized spacial score (nSPS) is 9.50. The second-order valence-corrected chi connectivity index (χ2v) is 2.64. The molecule has 1 rings (SSSR count). The van der Waals surface area contributed by atoms with Crippen LogP contribution in [0.1, 0.15) is 18.9 Å². The summed E-state index contributed by atoms with van der Waals surface area (Å²) >= 11 is 0. The average molecular weight is 162 g/mol. The molecule has 63 valence electrons. The van der Waals surface area contributed by atoms with Crippen LogP contribution >= 0.6 is 0 Å². The van der Waals surface area contributed by atoms with Crippen molar-refractivity contribution in [3.8, 4) is 0 Å². The van der Waals surface area contributed by atoms with Gasteiger partial charge in [0.2, 0.25) is 5.91 Å². The van der Waals surface area contributed by atoms with E-state index < -0.39 is 0 Å². The summed E-state index contributed by atoms with van der Waals surface area (Å²) in [6.45, 7) is 3.79. The van der Waals surface area contributed by atoms with Crippen LogP contribution in [0.3, 0.4) is 0 Å². The quantitative estimate of drug-likeness (QED) is 0.709. The second-order valence-electron chi connectivity index (χ2n) is 2.64. The number of amides is 1. The Morgan fingerprint density at radius 1 is 1.67 bits per heavy atom. The highest BCUT2D eigenvalue weighted by Crippen LogP contribution is 2.12. The first-order valence-electron chi connectivity index (χ1n) is 4.00. The van der Waals surface area contributed by atoms with Crippen LogP contribution in [0.25, 0.3) is 0 Å². The van der Waals surface area contributed by atoms with Gasteiger partial charge in [-0.15, -0.1) is 0 Å². The fourth-order valence-electron chi connectivity index (χ4n) is 0.881. The Kier molecular flexibility index (Phi) is 2.86. The molecule has 0 atom stereocenters. The predicted octanol–water partition coefficient (Wildman–Crippen LogP) is 2.14. The zero-order chi connectivity index (χ0) is 8.97. The number of hydrogen-bond acceptors (Lipinski definition) is 1. The van der Waals surface area contributed by atoms with Gasteiger partial charge in [-0.3, -0.25) is 4.79 Å². The molecular weight excluding hydrogens is 150 g/mol. The van der Waals surface area contributed by atoms with Crippen molar-refractivity contribution in [2.75, 3.05) is 5.32 Å². The number of rotatable bonds is 2.